The molecule has 0 amide bonds. The Bertz CT molecular complexity index is 627. The van der Waals surface area contributed by atoms with Gasteiger partial charge in [0.15, 0.2) is 5.56 Å². The molecule has 0 aliphatic heterocycles. The number of H-pyrrole nitrogens is 1. The minimum absolute atomic E-state index is 0.337. The van der Waals surface area contributed by atoms with E-state index in [2.05, 4.69) is 29.8 Å². The van der Waals surface area contributed by atoms with Crippen molar-refractivity contribution in [1.29, 1.82) is 0 Å². The fourth-order valence-corrected chi connectivity index (χ4v) is 3.22. The second kappa shape index (κ2) is 7.10. The van der Waals surface area contributed by atoms with E-state index in [0.29, 0.717) is 12.2 Å². The standard InChI is InChI=1S/C15H23ClN2O3Si/c1-22(2,3)7-6-21-15(16)11-5-4-10(13(20)9-19)12-8-17-18-14(11)12/h4-5,8,13,15,19-20H,6-7,9H2,1-3H3,(H,17,18). The molecule has 1 heterocycles. The van der Waals surface area contributed by atoms with Gasteiger partial charge in [0.2, 0.25) is 0 Å². The third kappa shape index (κ3) is 4.08. The van der Waals surface area contributed by atoms with E-state index in [0.717, 1.165) is 22.5 Å². The molecule has 0 aliphatic carbocycles. The van der Waals surface area contributed by atoms with Gasteiger partial charge in [-0.15, -0.1) is 0 Å². The summed E-state index contributed by atoms with van der Waals surface area (Å²) in [5, 5.41) is 26.6. The van der Waals surface area contributed by atoms with Gasteiger partial charge < -0.3 is 14.9 Å². The Kier molecular flexibility index (Phi) is 5.63. The summed E-state index contributed by atoms with van der Waals surface area (Å²) in [5.41, 5.74) is 1.58. The van der Waals surface area contributed by atoms with Crippen LogP contribution in [-0.2, 0) is 4.74 Å². The molecule has 122 valence electrons. The molecule has 0 saturated heterocycles. The molecule has 5 nitrogen and oxygen atoms in total. The predicted molar refractivity (Wildman–Crippen MR) is 90.8 cm³/mol. The Morgan fingerprint density at radius 2 is 2.00 bits per heavy atom. The van der Waals surface area contributed by atoms with E-state index in [1.165, 1.54) is 0 Å². The highest BCUT2D eigenvalue weighted by Crippen LogP contribution is 2.32. The molecule has 0 spiro atoms. The Hall–Kier alpha value is -0.923. The lowest BCUT2D eigenvalue weighted by molar-refractivity contribution is 0.0966. The summed E-state index contributed by atoms with van der Waals surface area (Å²) >= 11 is 6.37. The minimum Gasteiger partial charge on any atom is -0.393 e. The Balaban J connectivity index is 2.20. The summed E-state index contributed by atoms with van der Waals surface area (Å²) in [6, 6.07) is 4.61. The highest BCUT2D eigenvalue weighted by molar-refractivity contribution is 6.76. The molecule has 0 fully saturated rings. The van der Waals surface area contributed by atoms with Crippen LogP contribution in [0, 0.1) is 0 Å². The maximum absolute atomic E-state index is 9.85. The molecular weight excluding hydrogens is 320 g/mol. The number of fused-ring (bicyclic) bond motifs is 1. The number of ether oxygens (including phenoxy) is 1. The zero-order valence-corrected chi connectivity index (χ0v) is 14.9. The third-order valence-electron chi connectivity index (χ3n) is 3.57. The van der Waals surface area contributed by atoms with Crippen molar-refractivity contribution in [2.45, 2.75) is 37.4 Å². The zero-order chi connectivity index (χ0) is 16.3. The summed E-state index contributed by atoms with van der Waals surface area (Å²) in [5.74, 6) is 0. The highest BCUT2D eigenvalue weighted by Gasteiger charge is 2.19. The number of aromatic nitrogens is 2. The van der Waals surface area contributed by atoms with Crippen LogP contribution < -0.4 is 0 Å². The van der Waals surface area contributed by atoms with Crippen molar-refractivity contribution in [1.82, 2.24) is 10.2 Å². The van der Waals surface area contributed by atoms with Gasteiger partial charge in [0.25, 0.3) is 0 Å². The molecule has 3 N–H and O–H groups in total. The van der Waals surface area contributed by atoms with Crippen molar-refractivity contribution in [3.8, 4) is 0 Å². The average molecular weight is 343 g/mol. The van der Waals surface area contributed by atoms with Crippen LogP contribution in [0.4, 0.5) is 0 Å². The van der Waals surface area contributed by atoms with Crippen molar-refractivity contribution < 1.29 is 14.9 Å². The van der Waals surface area contributed by atoms with Crippen LogP contribution in [0.25, 0.3) is 10.9 Å². The second-order valence-corrected chi connectivity index (χ2v) is 12.6. The van der Waals surface area contributed by atoms with Crippen molar-refractivity contribution in [3.05, 3.63) is 29.5 Å². The van der Waals surface area contributed by atoms with Gasteiger partial charge in [-0.05, 0) is 11.6 Å². The van der Waals surface area contributed by atoms with Gasteiger partial charge in [-0.2, -0.15) is 5.10 Å². The summed E-state index contributed by atoms with van der Waals surface area (Å²) in [7, 11) is -1.16. The Labute approximate surface area is 136 Å². The number of aromatic amines is 1. The van der Waals surface area contributed by atoms with E-state index < -0.39 is 19.7 Å². The number of alkyl halides is 1. The van der Waals surface area contributed by atoms with Gasteiger partial charge in [-0.3, -0.25) is 5.10 Å². The first kappa shape index (κ1) is 17.4. The monoisotopic (exact) mass is 342 g/mol. The topological polar surface area (TPSA) is 78.4 Å². The lowest BCUT2D eigenvalue weighted by Gasteiger charge is -2.18. The maximum Gasteiger partial charge on any atom is 0.158 e. The fourth-order valence-electron chi connectivity index (χ4n) is 2.21. The molecule has 2 rings (SSSR count). The first-order chi connectivity index (χ1) is 10.3. The Morgan fingerprint density at radius 1 is 1.32 bits per heavy atom. The van der Waals surface area contributed by atoms with E-state index in [9.17, 15) is 5.11 Å². The number of hydrogen-bond acceptors (Lipinski definition) is 4. The largest absolute Gasteiger partial charge is 0.393 e. The van der Waals surface area contributed by atoms with Crippen molar-refractivity contribution in [3.63, 3.8) is 0 Å². The van der Waals surface area contributed by atoms with Gasteiger partial charge >= 0.3 is 0 Å². The molecule has 0 aliphatic rings. The van der Waals surface area contributed by atoms with Crippen LogP contribution in [0.1, 0.15) is 22.8 Å². The molecule has 7 heteroatoms. The van der Waals surface area contributed by atoms with E-state index in [1.807, 2.05) is 0 Å². The van der Waals surface area contributed by atoms with Crippen LogP contribution in [0.15, 0.2) is 18.3 Å². The van der Waals surface area contributed by atoms with Gasteiger partial charge in [0.1, 0.15) is 6.10 Å². The van der Waals surface area contributed by atoms with Gasteiger partial charge in [0.05, 0.1) is 18.3 Å². The van der Waals surface area contributed by atoms with Crippen LogP contribution in [0.2, 0.25) is 25.7 Å². The van der Waals surface area contributed by atoms with Crippen molar-refractivity contribution in [2.75, 3.05) is 13.2 Å². The number of benzene rings is 1. The predicted octanol–water partition coefficient (Wildman–Crippen LogP) is 3.18. The minimum atomic E-state index is -1.16. The van der Waals surface area contributed by atoms with E-state index in [-0.39, 0.29) is 6.61 Å². The molecule has 2 aromatic rings. The van der Waals surface area contributed by atoms with Crippen LogP contribution >= 0.6 is 11.6 Å². The molecule has 2 atom stereocenters. The quantitative estimate of drug-likeness (QED) is 0.533. The summed E-state index contributed by atoms with van der Waals surface area (Å²) in [6.45, 7) is 7.16. The first-order valence-corrected chi connectivity index (χ1v) is 11.5. The smallest absolute Gasteiger partial charge is 0.158 e. The normalized spacial score (nSPS) is 15.2. The number of aliphatic hydroxyl groups excluding tert-OH is 2. The molecular formula is C15H23ClN2O3Si. The lowest BCUT2D eigenvalue weighted by Crippen LogP contribution is -2.21. The number of hydrogen-bond donors (Lipinski definition) is 3. The molecule has 1 aromatic carbocycles. The number of nitrogens with one attached hydrogen (secondary N) is 1. The van der Waals surface area contributed by atoms with E-state index in [1.54, 1.807) is 18.3 Å². The average Bonchev–Trinajstić information content (AvgIpc) is 2.93. The first-order valence-electron chi connectivity index (χ1n) is 7.34. The summed E-state index contributed by atoms with van der Waals surface area (Å²) < 4.78 is 5.75. The molecule has 1 aromatic heterocycles. The summed E-state index contributed by atoms with van der Waals surface area (Å²) in [4.78, 5) is 0. The molecule has 2 unspecified atom stereocenters. The molecule has 0 radical (unpaired) electrons. The fraction of sp³-hybridized carbons (Fsp3) is 0.533. The third-order valence-corrected chi connectivity index (χ3v) is 5.64. The molecule has 0 bridgehead atoms. The van der Waals surface area contributed by atoms with Crippen LogP contribution in [-0.4, -0.2) is 41.7 Å². The highest BCUT2D eigenvalue weighted by atomic mass is 35.5. The number of rotatable bonds is 7. The van der Waals surface area contributed by atoms with Gasteiger partial charge in [-0.25, -0.2) is 0 Å². The number of halogens is 1. The lowest BCUT2D eigenvalue weighted by atomic mass is 10.0. The molecule has 0 saturated carbocycles. The van der Waals surface area contributed by atoms with Crippen molar-refractivity contribution >= 4 is 30.6 Å². The van der Waals surface area contributed by atoms with E-state index >= 15 is 0 Å². The Morgan fingerprint density at radius 3 is 2.64 bits per heavy atom. The van der Waals surface area contributed by atoms with Crippen molar-refractivity contribution in [2.24, 2.45) is 0 Å². The zero-order valence-electron chi connectivity index (χ0n) is 13.1. The number of nitrogens with zero attached hydrogens (tertiary/aromatic N) is 1. The second-order valence-electron chi connectivity index (χ2n) is 6.60. The van der Waals surface area contributed by atoms with E-state index in [4.69, 9.17) is 21.4 Å². The van der Waals surface area contributed by atoms with Crippen LogP contribution in [0.5, 0.6) is 0 Å². The summed E-state index contributed by atoms with van der Waals surface area (Å²) in [6.07, 6.45) is 0.689. The number of aliphatic hydroxyl groups is 2. The molecule has 22 heavy (non-hydrogen) atoms. The SMILES string of the molecule is C[Si](C)(C)CCOC(Cl)c1ccc(C(O)CO)c2cn[nH]c12. The van der Waals surface area contributed by atoms with Gasteiger partial charge in [-0.1, -0.05) is 43.4 Å². The van der Waals surface area contributed by atoms with Crippen LogP contribution in [0.3, 0.4) is 0 Å². The van der Waals surface area contributed by atoms with Gasteiger partial charge in [0, 0.05) is 25.6 Å². The maximum atomic E-state index is 9.85.